The van der Waals surface area contributed by atoms with Crippen LogP contribution in [0.4, 0.5) is 5.69 Å². The lowest BCUT2D eigenvalue weighted by Crippen LogP contribution is -2.40. The van der Waals surface area contributed by atoms with Gasteiger partial charge in [-0.05, 0) is 36.2 Å². The van der Waals surface area contributed by atoms with Gasteiger partial charge in [0.25, 0.3) is 0 Å². The Bertz CT molecular complexity index is 683. The van der Waals surface area contributed by atoms with Crippen LogP contribution in [0.1, 0.15) is 26.0 Å². The van der Waals surface area contributed by atoms with E-state index in [2.05, 4.69) is 10.3 Å². The van der Waals surface area contributed by atoms with Gasteiger partial charge >= 0.3 is 0 Å². The van der Waals surface area contributed by atoms with E-state index in [0.29, 0.717) is 23.1 Å². The number of ether oxygens (including phenoxy) is 1. The fourth-order valence-electron chi connectivity index (χ4n) is 2.07. The summed E-state index contributed by atoms with van der Waals surface area (Å²) in [5, 5.41) is 3.20. The first-order valence-corrected chi connectivity index (χ1v) is 8.27. The molecule has 0 saturated carbocycles. The molecule has 1 amide bonds. The van der Waals surface area contributed by atoms with E-state index >= 15 is 0 Å². The Morgan fingerprint density at radius 3 is 2.72 bits per heavy atom. The average molecular weight is 384 g/mol. The largest absolute Gasteiger partial charge is 0.486 e. The number of nitrogens with zero attached hydrogens (tertiary/aromatic N) is 1. The van der Waals surface area contributed by atoms with Crippen LogP contribution in [0.25, 0.3) is 0 Å². The minimum Gasteiger partial charge on any atom is -0.486 e. The summed E-state index contributed by atoms with van der Waals surface area (Å²) >= 11 is 6.22. The number of hydrogen-bond acceptors (Lipinski definition) is 4. The van der Waals surface area contributed by atoms with Crippen molar-refractivity contribution in [2.24, 2.45) is 11.7 Å². The number of pyridine rings is 1. The van der Waals surface area contributed by atoms with Crippen molar-refractivity contribution in [3.05, 3.63) is 53.3 Å². The molecule has 7 heteroatoms. The molecule has 1 aromatic heterocycles. The number of halogens is 2. The number of anilines is 1. The molecule has 3 N–H and O–H groups in total. The van der Waals surface area contributed by atoms with Gasteiger partial charge in [0.1, 0.15) is 12.4 Å². The molecule has 0 bridgehead atoms. The lowest BCUT2D eigenvalue weighted by molar-refractivity contribution is -0.118. The molecular weight excluding hydrogens is 361 g/mol. The van der Waals surface area contributed by atoms with Crippen LogP contribution >= 0.6 is 24.0 Å². The molecule has 2 atom stereocenters. The molecule has 2 aromatic rings. The SMILES string of the molecule is CCC(C)C(N)C(=O)Nc1ccc(OCc2ccccn2)c(Cl)c1.Cl. The van der Waals surface area contributed by atoms with Gasteiger partial charge in [-0.15, -0.1) is 12.4 Å². The smallest absolute Gasteiger partial charge is 0.241 e. The Hall–Kier alpha value is -1.82. The summed E-state index contributed by atoms with van der Waals surface area (Å²) in [4.78, 5) is 16.3. The van der Waals surface area contributed by atoms with Gasteiger partial charge in [0, 0.05) is 11.9 Å². The quantitative estimate of drug-likeness (QED) is 0.755. The number of hydrogen-bond donors (Lipinski definition) is 2. The zero-order chi connectivity index (χ0) is 17.5. The van der Waals surface area contributed by atoms with Crippen LogP contribution in [0.5, 0.6) is 5.75 Å². The Morgan fingerprint density at radius 2 is 2.12 bits per heavy atom. The van der Waals surface area contributed by atoms with E-state index in [1.807, 2.05) is 32.0 Å². The zero-order valence-corrected chi connectivity index (χ0v) is 15.8. The van der Waals surface area contributed by atoms with E-state index in [4.69, 9.17) is 22.1 Å². The normalized spacial score (nSPS) is 12.6. The second-order valence-electron chi connectivity index (χ2n) is 5.66. The fourth-order valence-corrected chi connectivity index (χ4v) is 2.30. The highest BCUT2D eigenvalue weighted by atomic mass is 35.5. The minimum absolute atomic E-state index is 0. The first-order valence-electron chi connectivity index (χ1n) is 7.90. The summed E-state index contributed by atoms with van der Waals surface area (Å²) in [6.45, 7) is 4.28. The third-order valence-electron chi connectivity index (χ3n) is 3.86. The summed E-state index contributed by atoms with van der Waals surface area (Å²) in [5.41, 5.74) is 7.32. The molecule has 0 fully saturated rings. The Labute approximate surface area is 159 Å². The molecule has 0 spiro atoms. The molecular formula is C18H23Cl2N3O2. The van der Waals surface area contributed by atoms with E-state index in [1.165, 1.54) is 0 Å². The van der Waals surface area contributed by atoms with Crippen molar-refractivity contribution in [2.75, 3.05) is 5.32 Å². The number of nitrogens with one attached hydrogen (secondary N) is 1. The van der Waals surface area contributed by atoms with Gasteiger partial charge in [-0.25, -0.2) is 0 Å². The number of benzene rings is 1. The van der Waals surface area contributed by atoms with Crippen LogP contribution in [0.2, 0.25) is 5.02 Å². The number of aromatic nitrogens is 1. The Morgan fingerprint density at radius 1 is 1.36 bits per heavy atom. The Kier molecular flexibility index (Phi) is 8.69. The summed E-state index contributed by atoms with van der Waals surface area (Å²) < 4.78 is 5.65. The Balaban J connectivity index is 0.00000312. The molecule has 136 valence electrons. The molecule has 0 saturated heterocycles. The van der Waals surface area contributed by atoms with Gasteiger partial charge in [0.15, 0.2) is 0 Å². The highest BCUT2D eigenvalue weighted by Crippen LogP contribution is 2.28. The minimum atomic E-state index is -0.547. The summed E-state index contributed by atoms with van der Waals surface area (Å²) in [6, 6.07) is 10.2. The molecule has 25 heavy (non-hydrogen) atoms. The highest BCUT2D eigenvalue weighted by molar-refractivity contribution is 6.32. The van der Waals surface area contributed by atoms with Gasteiger partial charge in [0.2, 0.25) is 5.91 Å². The van der Waals surface area contributed by atoms with Crippen LogP contribution in [-0.4, -0.2) is 16.9 Å². The van der Waals surface area contributed by atoms with Crippen molar-refractivity contribution in [3.63, 3.8) is 0 Å². The second kappa shape index (κ2) is 10.2. The van der Waals surface area contributed by atoms with E-state index in [1.54, 1.807) is 24.4 Å². The van der Waals surface area contributed by atoms with Crippen LogP contribution < -0.4 is 15.8 Å². The number of carbonyl (C=O) groups excluding carboxylic acids is 1. The standard InChI is InChI=1S/C18H22ClN3O2.ClH/c1-3-12(2)17(20)18(23)22-13-7-8-16(15(19)10-13)24-11-14-6-4-5-9-21-14;/h4-10,12,17H,3,11,20H2,1-2H3,(H,22,23);1H. The zero-order valence-electron chi connectivity index (χ0n) is 14.2. The molecule has 0 aliphatic heterocycles. The summed E-state index contributed by atoms with van der Waals surface area (Å²) in [7, 11) is 0. The fraction of sp³-hybridized carbons (Fsp3) is 0.333. The number of carbonyl (C=O) groups is 1. The molecule has 2 rings (SSSR count). The van der Waals surface area contributed by atoms with E-state index in [9.17, 15) is 4.79 Å². The van der Waals surface area contributed by atoms with Gasteiger partial charge in [-0.3, -0.25) is 9.78 Å². The van der Waals surface area contributed by atoms with Gasteiger partial charge in [0.05, 0.1) is 16.8 Å². The molecule has 2 unspecified atom stereocenters. The maximum absolute atomic E-state index is 12.1. The van der Waals surface area contributed by atoms with Crippen molar-refractivity contribution < 1.29 is 9.53 Å². The van der Waals surface area contributed by atoms with Crippen LogP contribution in [0.3, 0.4) is 0 Å². The second-order valence-corrected chi connectivity index (χ2v) is 6.06. The molecule has 0 aliphatic rings. The number of rotatable bonds is 7. The van der Waals surface area contributed by atoms with Crippen LogP contribution in [0, 0.1) is 5.92 Å². The molecule has 5 nitrogen and oxygen atoms in total. The highest BCUT2D eigenvalue weighted by Gasteiger charge is 2.19. The first-order chi connectivity index (χ1) is 11.5. The molecule has 1 aromatic carbocycles. The number of amides is 1. The van der Waals surface area contributed by atoms with E-state index < -0.39 is 6.04 Å². The van der Waals surface area contributed by atoms with Gasteiger partial charge in [-0.2, -0.15) is 0 Å². The van der Waals surface area contributed by atoms with Crippen LogP contribution in [0.15, 0.2) is 42.6 Å². The average Bonchev–Trinajstić information content (AvgIpc) is 2.60. The van der Waals surface area contributed by atoms with Crippen molar-refractivity contribution in [2.45, 2.75) is 32.9 Å². The number of nitrogens with two attached hydrogens (primary N) is 1. The van der Waals surface area contributed by atoms with Crippen molar-refractivity contribution in [3.8, 4) is 5.75 Å². The topological polar surface area (TPSA) is 77.2 Å². The maximum atomic E-state index is 12.1. The summed E-state index contributed by atoms with van der Waals surface area (Å²) in [6.07, 6.45) is 2.55. The monoisotopic (exact) mass is 383 g/mol. The third-order valence-corrected chi connectivity index (χ3v) is 4.16. The lowest BCUT2D eigenvalue weighted by atomic mass is 9.99. The van der Waals surface area contributed by atoms with Crippen molar-refractivity contribution in [1.29, 1.82) is 0 Å². The molecule has 0 aliphatic carbocycles. The van der Waals surface area contributed by atoms with Gasteiger partial charge in [-0.1, -0.05) is 37.9 Å². The van der Waals surface area contributed by atoms with Crippen molar-refractivity contribution in [1.82, 2.24) is 4.98 Å². The third kappa shape index (κ3) is 6.20. The lowest BCUT2D eigenvalue weighted by Gasteiger charge is -2.18. The maximum Gasteiger partial charge on any atom is 0.241 e. The van der Waals surface area contributed by atoms with Crippen LogP contribution in [-0.2, 0) is 11.4 Å². The van der Waals surface area contributed by atoms with Gasteiger partial charge < -0.3 is 15.8 Å². The first kappa shape index (κ1) is 21.2. The summed E-state index contributed by atoms with van der Waals surface area (Å²) in [5.74, 6) is 0.426. The molecule has 0 radical (unpaired) electrons. The van der Waals surface area contributed by atoms with Crippen molar-refractivity contribution >= 4 is 35.6 Å². The predicted octanol–water partition coefficient (Wildman–Crippen LogP) is 4.05. The van der Waals surface area contributed by atoms with E-state index in [0.717, 1.165) is 12.1 Å². The predicted molar refractivity (Wildman–Crippen MR) is 103 cm³/mol. The van der Waals surface area contributed by atoms with E-state index in [-0.39, 0.29) is 24.2 Å². The molecule has 1 heterocycles.